The molecule has 9 heteroatoms. The van der Waals surface area contributed by atoms with Gasteiger partial charge in [-0.2, -0.15) is 13.2 Å². The van der Waals surface area contributed by atoms with Crippen molar-refractivity contribution in [2.45, 2.75) is 12.3 Å². The lowest BCUT2D eigenvalue weighted by atomic mass is 10.1. The third-order valence-corrected chi connectivity index (χ3v) is 4.16. The van der Waals surface area contributed by atoms with E-state index in [-0.39, 0.29) is 24.7 Å². The fourth-order valence-electron chi connectivity index (χ4n) is 2.76. The van der Waals surface area contributed by atoms with Gasteiger partial charge in [0.1, 0.15) is 17.4 Å². The molecule has 6 nitrogen and oxygen atoms in total. The molecule has 27 heavy (non-hydrogen) atoms. The first-order valence-electron chi connectivity index (χ1n) is 8.12. The minimum Gasteiger partial charge on any atom is -0.470 e. The van der Waals surface area contributed by atoms with Crippen LogP contribution in [0.15, 0.2) is 48.8 Å². The van der Waals surface area contributed by atoms with E-state index in [9.17, 15) is 18.0 Å². The quantitative estimate of drug-likeness (QED) is 0.705. The standard InChI is InChI=1S/C18H13F3N4O2/c19-18(20,21)12-4-3-7-22-16(12)27-11-9-25(10-11)17(26)15-8-23-13-5-1-2-6-14(13)24-15/h1-8,11H,9-10H2. The Morgan fingerprint density at radius 1 is 1.07 bits per heavy atom. The number of ether oxygens (including phenoxy) is 1. The van der Waals surface area contributed by atoms with Gasteiger partial charge in [-0.05, 0) is 24.3 Å². The Balaban J connectivity index is 1.43. The number of para-hydroxylation sites is 2. The third-order valence-electron chi connectivity index (χ3n) is 4.16. The number of hydrogen-bond acceptors (Lipinski definition) is 5. The summed E-state index contributed by atoms with van der Waals surface area (Å²) in [6, 6.07) is 9.27. The molecule has 4 rings (SSSR count). The van der Waals surface area contributed by atoms with Crippen molar-refractivity contribution in [1.29, 1.82) is 0 Å². The van der Waals surface area contributed by atoms with Gasteiger partial charge in [-0.15, -0.1) is 0 Å². The third kappa shape index (κ3) is 3.40. The van der Waals surface area contributed by atoms with Crippen molar-refractivity contribution >= 4 is 16.9 Å². The maximum Gasteiger partial charge on any atom is 0.421 e. The fraction of sp³-hybridized carbons (Fsp3) is 0.222. The van der Waals surface area contributed by atoms with Crippen molar-refractivity contribution in [2.75, 3.05) is 13.1 Å². The summed E-state index contributed by atoms with van der Waals surface area (Å²) in [4.78, 5) is 26.0. The number of amides is 1. The topological polar surface area (TPSA) is 68.2 Å². The van der Waals surface area contributed by atoms with E-state index in [0.717, 1.165) is 6.07 Å². The molecule has 0 bridgehead atoms. The molecule has 3 heterocycles. The minimum absolute atomic E-state index is 0.154. The van der Waals surface area contributed by atoms with Gasteiger partial charge in [-0.25, -0.2) is 9.97 Å². The number of fused-ring (bicyclic) bond motifs is 1. The zero-order valence-corrected chi connectivity index (χ0v) is 13.8. The van der Waals surface area contributed by atoms with Crippen molar-refractivity contribution in [3.05, 3.63) is 60.0 Å². The van der Waals surface area contributed by atoms with Crippen LogP contribution in [0.25, 0.3) is 11.0 Å². The molecule has 1 aromatic carbocycles. The molecule has 1 aliphatic rings. The number of likely N-dealkylation sites (tertiary alicyclic amines) is 1. The second-order valence-corrected chi connectivity index (χ2v) is 6.05. The Morgan fingerprint density at radius 3 is 2.56 bits per heavy atom. The molecular weight excluding hydrogens is 361 g/mol. The molecule has 1 fully saturated rings. The zero-order chi connectivity index (χ0) is 19.0. The van der Waals surface area contributed by atoms with Gasteiger partial charge in [0, 0.05) is 6.20 Å². The Hall–Kier alpha value is -3.23. The maximum atomic E-state index is 13.0. The number of aromatic nitrogens is 3. The fourth-order valence-corrected chi connectivity index (χ4v) is 2.76. The van der Waals surface area contributed by atoms with Crippen molar-refractivity contribution < 1.29 is 22.7 Å². The van der Waals surface area contributed by atoms with Gasteiger partial charge in [0.2, 0.25) is 5.88 Å². The van der Waals surface area contributed by atoms with Crippen LogP contribution in [-0.4, -0.2) is 45.0 Å². The predicted molar refractivity (Wildman–Crippen MR) is 89.1 cm³/mol. The number of hydrogen-bond donors (Lipinski definition) is 0. The average molecular weight is 374 g/mol. The first-order valence-corrected chi connectivity index (χ1v) is 8.12. The van der Waals surface area contributed by atoms with Crippen molar-refractivity contribution in [3.63, 3.8) is 0 Å². The van der Waals surface area contributed by atoms with Crippen LogP contribution in [0.4, 0.5) is 13.2 Å². The molecular formula is C18H13F3N4O2. The van der Waals surface area contributed by atoms with E-state index in [4.69, 9.17) is 4.74 Å². The smallest absolute Gasteiger partial charge is 0.421 e. The lowest BCUT2D eigenvalue weighted by molar-refractivity contribution is -0.140. The van der Waals surface area contributed by atoms with Crippen molar-refractivity contribution in [1.82, 2.24) is 19.9 Å². The number of halogens is 3. The van der Waals surface area contributed by atoms with Gasteiger partial charge in [0.05, 0.1) is 30.3 Å². The van der Waals surface area contributed by atoms with Crippen LogP contribution in [0.5, 0.6) is 5.88 Å². The molecule has 1 aliphatic heterocycles. The SMILES string of the molecule is O=C(c1cnc2ccccc2n1)N1CC(Oc2ncccc2C(F)(F)F)C1. The predicted octanol–water partition coefficient (Wildman–Crippen LogP) is 2.95. The zero-order valence-electron chi connectivity index (χ0n) is 13.8. The largest absolute Gasteiger partial charge is 0.470 e. The molecule has 0 saturated carbocycles. The van der Waals surface area contributed by atoms with E-state index in [1.54, 1.807) is 18.2 Å². The Labute approximate surface area is 151 Å². The molecule has 0 N–H and O–H groups in total. The Bertz CT molecular complexity index is 1000. The molecule has 0 radical (unpaired) electrons. The maximum absolute atomic E-state index is 13.0. The van der Waals surface area contributed by atoms with Crippen LogP contribution in [-0.2, 0) is 6.18 Å². The van der Waals surface area contributed by atoms with E-state index in [1.165, 1.54) is 23.4 Å². The number of nitrogens with zero attached hydrogens (tertiary/aromatic N) is 4. The molecule has 2 aromatic heterocycles. The summed E-state index contributed by atoms with van der Waals surface area (Å²) in [5.41, 5.74) is 0.518. The first-order chi connectivity index (χ1) is 12.9. The molecule has 0 aliphatic carbocycles. The van der Waals surface area contributed by atoms with E-state index in [2.05, 4.69) is 15.0 Å². The van der Waals surface area contributed by atoms with Gasteiger partial charge in [-0.1, -0.05) is 12.1 Å². The lowest BCUT2D eigenvalue weighted by Crippen LogP contribution is -2.56. The monoisotopic (exact) mass is 374 g/mol. The van der Waals surface area contributed by atoms with Crippen LogP contribution in [0.3, 0.4) is 0 Å². The normalized spacial score (nSPS) is 14.9. The highest BCUT2D eigenvalue weighted by Crippen LogP contribution is 2.35. The highest BCUT2D eigenvalue weighted by Gasteiger charge is 2.38. The van der Waals surface area contributed by atoms with Gasteiger partial charge >= 0.3 is 6.18 Å². The highest BCUT2D eigenvalue weighted by molar-refractivity contribution is 5.94. The van der Waals surface area contributed by atoms with Crippen LogP contribution in [0.1, 0.15) is 16.1 Å². The molecule has 138 valence electrons. The summed E-state index contributed by atoms with van der Waals surface area (Å²) in [7, 11) is 0. The lowest BCUT2D eigenvalue weighted by Gasteiger charge is -2.38. The molecule has 1 amide bonds. The number of pyridine rings is 1. The van der Waals surface area contributed by atoms with Crippen LogP contribution in [0, 0.1) is 0 Å². The van der Waals surface area contributed by atoms with Gasteiger partial charge < -0.3 is 9.64 Å². The summed E-state index contributed by atoms with van der Waals surface area (Å²) in [6.45, 7) is 0.308. The average Bonchev–Trinajstić information content (AvgIpc) is 2.63. The highest BCUT2D eigenvalue weighted by atomic mass is 19.4. The second-order valence-electron chi connectivity index (χ2n) is 6.05. The van der Waals surface area contributed by atoms with E-state index >= 15 is 0 Å². The Morgan fingerprint density at radius 2 is 1.81 bits per heavy atom. The molecule has 3 aromatic rings. The number of benzene rings is 1. The summed E-state index contributed by atoms with van der Waals surface area (Å²) in [5, 5.41) is 0. The van der Waals surface area contributed by atoms with E-state index < -0.39 is 23.7 Å². The summed E-state index contributed by atoms with van der Waals surface area (Å²) >= 11 is 0. The summed E-state index contributed by atoms with van der Waals surface area (Å²) in [6.07, 6.45) is -2.49. The summed E-state index contributed by atoms with van der Waals surface area (Å²) in [5.74, 6) is -0.822. The molecule has 0 atom stereocenters. The number of carbonyl (C=O) groups excluding carboxylic acids is 1. The summed E-state index contributed by atoms with van der Waals surface area (Å²) < 4.78 is 44.3. The van der Waals surface area contributed by atoms with Gasteiger partial charge in [-0.3, -0.25) is 9.78 Å². The van der Waals surface area contributed by atoms with Crippen LogP contribution in [0.2, 0.25) is 0 Å². The number of carbonyl (C=O) groups is 1. The second kappa shape index (κ2) is 6.49. The van der Waals surface area contributed by atoms with Crippen LogP contribution < -0.4 is 4.74 Å². The van der Waals surface area contributed by atoms with Crippen molar-refractivity contribution in [2.24, 2.45) is 0 Å². The minimum atomic E-state index is -4.55. The number of alkyl halides is 3. The van der Waals surface area contributed by atoms with Crippen LogP contribution >= 0.6 is 0 Å². The van der Waals surface area contributed by atoms with E-state index in [1.807, 2.05) is 6.07 Å². The van der Waals surface area contributed by atoms with Gasteiger partial charge in [0.25, 0.3) is 5.91 Å². The van der Waals surface area contributed by atoms with Gasteiger partial charge in [0.15, 0.2) is 0 Å². The van der Waals surface area contributed by atoms with Crippen molar-refractivity contribution in [3.8, 4) is 5.88 Å². The molecule has 1 saturated heterocycles. The first kappa shape index (κ1) is 17.2. The van der Waals surface area contributed by atoms with E-state index in [0.29, 0.717) is 11.0 Å². The Kier molecular flexibility index (Phi) is 4.14. The molecule has 0 spiro atoms. The molecule has 0 unspecified atom stereocenters. The number of rotatable bonds is 3.